The lowest BCUT2D eigenvalue weighted by molar-refractivity contribution is -0.116. The van der Waals surface area contributed by atoms with E-state index < -0.39 is 5.41 Å². The Morgan fingerprint density at radius 3 is 2.57 bits per heavy atom. The topological polar surface area (TPSA) is 73.1 Å². The van der Waals surface area contributed by atoms with Crippen LogP contribution in [0.5, 0.6) is 0 Å². The Morgan fingerprint density at radius 2 is 2.21 bits per heavy atom. The zero-order valence-electron chi connectivity index (χ0n) is 8.48. The van der Waals surface area contributed by atoms with Gasteiger partial charge in [-0.1, -0.05) is 13.8 Å². The van der Waals surface area contributed by atoms with Gasteiger partial charge in [-0.15, -0.1) is 0 Å². The van der Waals surface area contributed by atoms with E-state index in [1.807, 2.05) is 0 Å². The van der Waals surface area contributed by atoms with E-state index in [1.165, 1.54) is 6.92 Å². The maximum Gasteiger partial charge on any atom is 0.244 e. The summed E-state index contributed by atoms with van der Waals surface area (Å²) in [5, 5.41) is 19.3. The van der Waals surface area contributed by atoms with E-state index in [0.717, 1.165) is 5.06 Å². The molecule has 1 heterocycles. The van der Waals surface area contributed by atoms with Gasteiger partial charge >= 0.3 is 0 Å². The maximum absolute atomic E-state index is 10.6. The minimum atomic E-state index is -0.523. The molecule has 0 fully saturated rings. The van der Waals surface area contributed by atoms with Crippen LogP contribution in [0.1, 0.15) is 20.8 Å². The average molecular weight is 198 g/mol. The Bertz CT molecular complexity index is 318. The van der Waals surface area contributed by atoms with Crippen molar-refractivity contribution >= 4 is 11.7 Å². The van der Waals surface area contributed by atoms with E-state index in [9.17, 15) is 10.0 Å². The second-order valence-corrected chi connectivity index (χ2v) is 3.87. The standard InChI is InChI=1S/C9H14N2O3/c1-6(13)10-8-4-7(11(8)14)9(2,3)5-12/h4,12,14H,5H2,1-3H3. The smallest absolute Gasteiger partial charge is 0.244 e. The maximum atomic E-state index is 10.6. The van der Waals surface area contributed by atoms with Gasteiger partial charge in [0.15, 0.2) is 5.84 Å². The van der Waals surface area contributed by atoms with Gasteiger partial charge in [0.25, 0.3) is 0 Å². The highest BCUT2D eigenvalue weighted by Gasteiger charge is 2.35. The fourth-order valence-corrected chi connectivity index (χ4v) is 1.11. The van der Waals surface area contributed by atoms with Crippen LogP contribution < -0.4 is 0 Å². The van der Waals surface area contributed by atoms with Gasteiger partial charge in [-0.25, -0.2) is 5.06 Å². The molecule has 2 N–H and O–H groups in total. The summed E-state index contributed by atoms with van der Waals surface area (Å²) in [5.74, 6) is -0.148. The van der Waals surface area contributed by atoms with Crippen LogP contribution in [0.15, 0.2) is 16.8 Å². The molecule has 0 atom stereocenters. The molecule has 0 saturated carbocycles. The highest BCUT2D eigenvalue weighted by atomic mass is 16.5. The van der Waals surface area contributed by atoms with Crippen molar-refractivity contribution in [3.05, 3.63) is 11.8 Å². The minimum Gasteiger partial charge on any atom is -0.395 e. The highest BCUT2D eigenvalue weighted by molar-refractivity contribution is 6.05. The number of nitrogens with zero attached hydrogens (tertiary/aromatic N) is 2. The van der Waals surface area contributed by atoms with Crippen LogP contribution in [-0.4, -0.2) is 33.7 Å². The molecular formula is C9H14N2O3. The molecule has 0 aromatic carbocycles. The van der Waals surface area contributed by atoms with E-state index >= 15 is 0 Å². The van der Waals surface area contributed by atoms with Crippen molar-refractivity contribution in [1.82, 2.24) is 5.06 Å². The number of amidine groups is 1. The summed E-state index contributed by atoms with van der Waals surface area (Å²) >= 11 is 0. The van der Waals surface area contributed by atoms with Crippen LogP contribution in [0.2, 0.25) is 0 Å². The Balaban J connectivity index is 2.86. The summed E-state index contributed by atoms with van der Waals surface area (Å²) in [5.41, 5.74) is 0.0323. The SMILES string of the molecule is CC(=O)N=C1C=C(C(C)(C)CO)N1O. The third-order valence-corrected chi connectivity index (χ3v) is 2.07. The van der Waals surface area contributed by atoms with Gasteiger partial charge in [0.2, 0.25) is 5.91 Å². The van der Waals surface area contributed by atoms with Crippen LogP contribution in [0.3, 0.4) is 0 Å². The normalized spacial score (nSPS) is 19.4. The Kier molecular flexibility index (Phi) is 2.73. The number of hydrogen-bond donors (Lipinski definition) is 2. The van der Waals surface area contributed by atoms with Crippen molar-refractivity contribution in [2.24, 2.45) is 10.4 Å². The summed E-state index contributed by atoms with van der Waals surface area (Å²) in [6, 6.07) is 0. The monoisotopic (exact) mass is 198 g/mol. The van der Waals surface area contributed by atoms with Gasteiger partial charge < -0.3 is 5.11 Å². The summed E-state index contributed by atoms with van der Waals surface area (Å²) in [6.07, 6.45) is 1.58. The number of aliphatic hydroxyl groups is 1. The largest absolute Gasteiger partial charge is 0.395 e. The molecule has 14 heavy (non-hydrogen) atoms. The molecular weight excluding hydrogens is 184 g/mol. The number of carbonyl (C=O) groups is 1. The van der Waals surface area contributed by atoms with Crippen molar-refractivity contribution in [3.8, 4) is 0 Å². The lowest BCUT2D eigenvalue weighted by atomic mass is 9.86. The summed E-state index contributed by atoms with van der Waals surface area (Å²) in [7, 11) is 0. The number of amides is 1. The first-order valence-electron chi connectivity index (χ1n) is 4.30. The molecule has 1 rings (SSSR count). The molecule has 0 spiro atoms. The molecule has 1 amide bonds. The molecule has 0 unspecified atom stereocenters. The quantitative estimate of drug-likeness (QED) is 0.679. The highest BCUT2D eigenvalue weighted by Crippen LogP contribution is 2.33. The molecule has 0 radical (unpaired) electrons. The summed E-state index contributed by atoms with van der Waals surface area (Å²) in [4.78, 5) is 14.2. The van der Waals surface area contributed by atoms with E-state index in [0.29, 0.717) is 5.70 Å². The van der Waals surface area contributed by atoms with E-state index in [4.69, 9.17) is 5.11 Å². The summed E-state index contributed by atoms with van der Waals surface area (Å²) < 4.78 is 0. The fourth-order valence-electron chi connectivity index (χ4n) is 1.11. The van der Waals surface area contributed by atoms with Crippen LogP contribution in [0, 0.1) is 5.41 Å². The van der Waals surface area contributed by atoms with E-state index in [-0.39, 0.29) is 18.3 Å². The van der Waals surface area contributed by atoms with Gasteiger partial charge in [-0.2, -0.15) is 4.99 Å². The average Bonchev–Trinajstić information content (AvgIpc) is 2.10. The van der Waals surface area contributed by atoms with Gasteiger partial charge in [0.05, 0.1) is 12.3 Å². The molecule has 78 valence electrons. The van der Waals surface area contributed by atoms with Crippen molar-refractivity contribution in [3.63, 3.8) is 0 Å². The van der Waals surface area contributed by atoms with Crippen molar-refractivity contribution in [1.29, 1.82) is 0 Å². The molecule has 5 heteroatoms. The lowest BCUT2D eigenvalue weighted by Crippen LogP contribution is -2.43. The van der Waals surface area contributed by atoms with Crippen LogP contribution in [0.25, 0.3) is 0 Å². The Morgan fingerprint density at radius 1 is 1.64 bits per heavy atom. The van der Waals surface area contributed by atoms with Gasteiger partial charge in [-0.3, -0.25) is 10.0 Å². The number of aliphatic hydroxyl groups excluding tert-OH is 1. The minimum absolute atomic E-state index is 0.0801. The lowest BCUT2D eigenvalue weighted by Gasteiger charge is -2.37. The van der Waals surface area contributed by atoms with Crippen LogP contribution in [0.4, 0.5) is 0 Å². The number of rotatable bonds is 2. The number of hydrogen-bond acceptors (Lipinski definition) is 3. The molecule has 0 saturated heterocycles. The second-order valence-electron chi connectivity index (χ2n) is 3.87. The predicted molar refractivity (Wildman–Crippen MR) is 50.7 cm³/mol. The summed E-state index contributed by atoms with van der Waals surface area (Å²) in [6.45, 7) is 4.80. The van der Waals surface area contributed by atoms with E-state index in [1.54, 1.807) is 19.9 Å². The van der Waals surface area contributed by atoms with Crippen LogP contribution >= 0.6 is 0 Å². The van der Waals surface area contributed by atoms with Gasteiger partial charge in [-0.05, 0) is 0 Å². The van der Waals surface area contributed by atoms with Crippen molar-refractivity contribution in [2.45, 2.75) is 20.8 Å². The van der Waals surface area contributed by atoms with E-state index in [2.05, 4.69) is 4.99 Å². The molecule has 1 aliphatic rings. The van der Waals surface area contributed by atoms with Crippen molar-refractivity contribution in [2.75, 3.05) is 6.61 Å². The Labute approximate surface area is 82.3 Å². The fraction of sp³-hybridized carbons (Fsp3) is 0.556. The zero-order valence-corrected chi connectivity index (χ0v) is 8.48. The molecule has 0 aromatic heterocycles. The van der Waals surface area contributed by atoms with Gasteiger partial charge in [0.1, 0.15) is 0 Å². The number of hydroxylamine groups is 2. The zero-order chi connectivity index (χ0) is 10.9. The number of aliphatic imine (C=N–C) groups is 1. The second kappa shape index (κ2) is 3.51. The third kappa shape index (κ3) is 1.83. The predicted octanol–water partition coefficient (Wildman–Crippen LogP) is 0.539. The third-order valence-electron chi connectivity index (χ3n) is 2.07. The van der Waals surface area contributed by atoms with Crippen molar-refractivity contribution < 1.29 is 15.1 Å². The molecule has 0 aromatic rings. The molecule has 5 nitrogen and oxygen atoms in total. The van der Waals surface area contributed by atoms with Crippen LogP contribution in [-0.2, 0) is 4.79 Å². The molecule has 1 aliphatic heterocycles. The first-order chi connectivity index (χ1) is 6.38. The molecule has 0 aliphatic carbocycles. The van der Waals surface area contributed by atoms with Gasteiger partial charge in [0, 0.05) is 18.4 Å². The number of carbonyl (C=O) groups excluding carboxylic acids is 1. The first kappa shape index (κ1) is 10.9. The molecule has 0 bridgehead atoms. The first-order valence-corrected chi connectivity index (χ1v) is 4.30. The Hall–Kier alpha value is -1.20.